The molecular formula is C19H28FN5O2. The fourth-order valence-corrected chi connectivity index (χ4v) is 3.31. The molecule has 1 aliphatic rings. The van der Waals surface area contributed by atoms with Crippen LogP contribution >= 0.6 is 0 Å². The normalized spacial score (nSPS) is 17.5. The van der Waals surface area contributed by atoms with Crippen molar-refractivity contribution in [2.45, 2.75) is 25.7 Å². The summed E-state index contributed by atoms with van der Waals surface area (Å²) in [4.78, 5) is 29.5. The molecule has 2 amide bonds. The minimum Gasteiger partial charge on any atom is -0.370 e. The summed E-state index contributed by atoms with van der Waals surface area (Å²) in [6.07, 6.45) is 2.52. The topological polar surface area (TPSA) is 99.8 Å². The van der Waals surface area contributed by atoms with Gasteiger partial charge in [-0.1, -0.05) is 12.1 Å². The van der Waals surface area contributed by atoms with E-state index in [0.717, 1.165) is 31.9 Å². The number of nitrogens with two attached hydrogens (primary N) is 1. The number of benzene rings is 1. The van der Waals surface area contributed by atoms with Crippen molar-refractivity contribution in [3.63, 3.8) is 0 Å². The standard InChI is InChI=1S/C19H28FN5O2/c1-22-19(25-9-3-5-15(13-25)11-17(21)26)24-8-7-23-18(27)12-14-4-2-6-16(20)10-14/h2,4,6,10,15H,3,5,7-9,11-13H2,1H3,(H2,21,26)(H,22,24)(H,23,27). The molecule has 0 aliphatic carbocycles. The number of carbonyl (C=O) groups is 2. The number of amides is 2. The van der Waals surface area contributed by atoms with E-state index in [1.165, 1.54) is 12.1 Å². The lowest BCUT2D eigenvalue weighted by Crippen LogP contribution is -2.48. The van der Waals surface area contributed by atoms with E-state index >= 15 is 0 Å². The van der Waals surface area contributed by atoms with Crippen molar-refractivity contribution < 1.29 is 14.0 Å². The van der Waals surface area contributed by atoms with E-state index in [-0.39, 0.29) is 30.0 Å². The van der Waals surface area contributed by atoms with Crippen molar-refractivity contribution in [1.82, 2.24) is 15.5 Å². The van der Waals surface area contributed by atoms with Crippen molar-refractivity contribution in [2.24, 2.45) is 16.6 Å². The lowest BCUT2D eigenvalue weighted by atomic mass is 9.95. The smallest absolute Gasteiger partial charge is 0.224 e. The van der Waals surface area contributed by atoms with Crippen molar-refractivity contribution in [3.05, 3.63) is 35.6 Å². The Morgan fingerprint density at radius 2 is 2.11 bits per heavy atom. The van der Waals surface area contributed by atoms with Gasteiger partial charge in [0.15, 0.2) is 5.96 Å². The van der Waals surface area contributed by atoms with E-state index in [1.54, 1.807) is 19.2 Å². The number of hydrogen-bond acceptors (Lipinski definition) is 3. The SMILES string of the molecule is CN=C(NCCNC(=O)Cc1cccc(F)c1)N1CCCC(CC(N)=O)C1. The summed E-state index contributed by atoms with van der Waals surface area (Å²) in [6.45, 7) is 2.58. The number of nitrogens with zero attached hydrogens (tertiary/aromatic N) is 2. The van der Waals surface area contributed by atoms with Crippen LogP contribution in [0.1, 0.15) is 24.8 Å². The molecule has 27 heavy (non-hydrogen) atoms. The van der Waals surface area contributed by atoms with Crippen molar-refractivity contribution in [2.75, 3.05) is 33.2 Å². The monoisotopic (exact) mass is 377 g/mol. The van der Waals surface area contributed by atoms with E-state index in [0.29, 0.717) is 25.1 Å². The molecule has 0 spiro atoms. The molecule has 1 fully saturated rings. The largest absolute Gasteiger partial charge is 0.370 e. The Labute approximate surface area is 159 Å². The zero-order valence-corrected chi connectivity index (χ0v) is 15.7. The number of rotatable bonds is 7. The maximum atomic E-state index is 13.1. The molecule has 0 aromatic heterocycles. The number of halogens is 1. The molecule has 4 N–H and O–H groups in total. The van der Waals surface area contributed by atoms with E-state index in [1.807, 2.05) is 0 Å². The third-order valence-electron chi connectivity index (χ3n) is 4.50. The number of primary amides is 1. The highest BCUT2D eigenvalue weighted by molar-refractivity contribution is 5.81. The maximum absolute atomic E-state index is 13.1. The predicted octanol–water partition coefficient (Wildman–Crippen LogP) is 0.647. The molecule has 1 aromatic rings. The van der Waals surface area contributed by atoms with Crippen LogP contribution in [0, 0.1) is 11.7 Å². The van der Waals surface area contributed by atoms with Crippen LogP contribution in [0.2, 0.25) is 0 Å². The average molecular weight is 377 g/mol. The van der Waals surface area contributed by atoms with Gasteiger partial charge in [0.05, 0.1) is 6.42 Å². The van der Waals surface area contributed by atoms with Gasteiger partial charge in [0, 0.05) is 39.6 Å². The van der Waals surface area contributed by atoms with Gasteiger partial charge in [0.2, 0.25) is 11.8 Å². The fraction of sp³-hybridized carbons (Fsp3) is 0.526. The first-order valence-electron chi connectivity index (χ1n) is 9.23. The third kappa shape index (κ3) is 7.24. The van der Waals surface area contributed by atoms with Crippen molar-refractivity contribution in [3.8, 4) is 0 Å². The Morgan fingerprint density at radius 1 is 1.33 bits per heavy atom. The van der Waals surface area contributed by atoms with Gasteiger partial charge in [-0.15, -0.1) is 0 Å². The molecule has 1 heterocycles. The van der Waals surface area contributed by atoms with Gasteiger partial charge < -0.3 is 21.3 Å². The maximum Gasteiger partial charge on any atom is 0.224 e. The number of likely N-dealkylation sites (tertiary alicyclic amines) is 1. The molecule has 1 aliphatic heterocycles. The molecule has 2 rings (SSSR count). The number of carbonyl (C=O) groups excluding carboxylic acids is 2. The Balaban J connectivity index is 1.71. The Bertz CT molecular complexity index is 680. The van der Waals surface area contributed by atoms with Crippen LogP contribution in [0.15, 0.2) is 29.3 Å². The van der Waals surface area contributed by atoms with Gasteiger partial charge in [-0.05, 0) is 36.5 Å². The summed E-state index contributed by atoms with van der Waals surface area (Å²) in [5, 5.41) is 6.04. The summed E-state index contributed by atoms with van der Waals surface area (Å²) in [5.74, 6) is 0.231. The summed E-state index contributed by atoms with van der Waals surface area (Å²) in [6, 6.07) is 6.03. The van der Waals surface area contributed by atoms with E-state index in [4.69, 9.17) is 5.73 Å². The Morgan fingerprint density at radius 3 is 2.81 bits per heavy atom. The molecule has 0 bridgehead atoms. The number of hydrogen-bond donors (Lipinski definition) is 3. The van der Waals surface area contributed by atoms with Crippen LogP contribution in [-0.2, 0) is 16.0 Å². The molecule has 1 saturated heterocycles. The minimum atomic E-state index is -0.345. The quantitative estimate of drug-likeness (QED) is 0.369. The second-order valence-electron chi connectivity index (χ2n) is 6.76. The molecule has 1 unspecified atom stereocenters. The lowest BCUT2D eigenvalue weighted by molar-refractivity contribution is -0.120. The molecular weight excluding hydrogens is 349 g/mol. The van der Waals surface area contributed by atoms with Crippen LogP contribution in [-0.4, -0.2) is 55.9 Å². The molecule has 0 radical (unpaired) electrons. The van der Waals surface area contributed by atoms with Crippen LogP contribution < -0.4 is 16.4 Å². The van der Waals surface area contributed by atoms with Crippen molar-refractivity contribution in [1.29, 1.82) is 0 Å². The Kier molecular flexibility index (Phi) is 8.03. The van der Waals surface area contributed by atoms with Crippen LogP contribution in [0.5, 0.6) is 0 Å². The zero-order valence-electron chi connectivity index (χ0n) is 15.7. The van der Waals surface area contributed by atoms with Crippen LogP contribution in [0.3, 0.4) is 0 Å². The highest BCUT2D eigenvalue weighted by atomic mass is 19.1. The van der Waals surface area contributed by atoms with Gasteiger partial charge in [-0.2, -0.15) is 0 Å². The summed E-state index contributed by atoms with van der Waals surface area (Å²) >= 11 is 0. The molecule has 8 heteroatoms. The average Bonchev–Trinajstić information content (AvgIpc) is 2.61. The van der Waals surface area contributed by atoms with Gasteiger partial charge in [-0.3, -0.25) is 14.6 Å². The minimum absolute atomic E-state index is 0.146. The van der Waals surface area contributed by atoms with E-state index in [9.17, 15) is 14.0 Å². The first-order valence-corrected chi connectivity index (χ1v) is 9.23. The molecule has 0 saturated carbocycles. The molecule has 7 nitrogen and oxygen atoms in total. The van der Waals surface area contributed by atoms with Gasteiger partial charge in [0.25, 0.3) is 0 Å². The molecule has 148 valence electrons. The first-order chi connectivity index (χ1) is 13.0. The summed E-state index contributed by atoms with van der Waals surface area (Å²) in [5.41, 5.74) is 5.95. The lowest BCUT2D eigenvalue weighted by Gasteiger charge is -2.34. The zero-order chi connectivity index (χ0) is 19.6. The summed E-state index contributed by atoms with van der Waals surface area (Å²) in [7, 11) is 1.71. The number of nitrogens with one attached hydrogen (secondary N) is 2. The fourth-order valence-electron chi connectivity index (χ4n) is 3.31. The molecule has 1 aromatic carbocycles. The predicted molar refractivity (Wildman–Crippen MR) is 103 cm³/mol. The van der Waals surface area contributed by atoms with Gasteiger partial charge >= 0.3 is 0 Å². The van der Waals surface area contributed by atoms with Crippen LogP contribution in [0.4, 0.5) is 4.39 Å². The highest BCUT2D eigenvalue weighted by Crippen LogP contribution is 2.19. The number of aliphatic imine (C=N–C) groups is 1. The van der Waals surface area contributed by atoms with Crippen molar-refractivity contribution >= 4 is 17.8 Å². The first kappa shape index (κ1) is 20.7. The third-order valence-corrected chi connectivity index (χ3v) is 4.50. The second-order valence-corrected chi connectivity index (χ2v) is 6.76. The van der Waals surface area contributed by atoms with Gasteiger partial charge in [0.1, 0.15) is 5.82 Å². The van der Waals surface area contributed by atoms with E-state index < -0.39 is 0 Å². The number of guanidine groups is 1. The second kappa shape index (κ2) is 10.5. The highest BCUT2D eigenvalue weighted by Gasteiger charge is 2.23. The Hall–Kier alpha value is -2.64. The van der Waals surface area contributed by atoms with Gasteiger partial charge in [-0.25, -0.2) is 4.39 Å². The number of piperidine rings is 1. The van der Waals surface area contributed by atoms with Crippen LogP contribution in [0.25, 0.3) is 0 Å². The summed E-state index contributed by atoms with van der Waals surface area (Å²) < 4.78 is 13.1. The van der Waals surface area contributed by atoms with E-state index in [2.05, 4.69) is 20.5 Å². The molecule has 1 atom stereocenters.